The summed E-state index contributed by atoms with van der Waals surface area (Å²) in [6.45, 7) is 5.80. The van der Waals surface area contributed by atoms with Gasteiger partial charge in [-0.15, -0.1) is 0 Å². The molecule has 0 saturated carbocycles. The number of carbonyl (C=O) groups excluding carboxylic acids is 1. The molecule has 3 rings (SSSR count). The van der Waals surface area contributed by atoms with Crippen LogP contribution in [-0.2, 0) is 4.79 Å². The fourth-order valence-electron chi connectivity index (χ4n) is 3.61. The van der Waals surface area contributed by atoms with Gasteiger partial charge in [-0.1, -0.05) is 53.9 Å². The molecule has 1 atom stereocenters. The summed E-state index contributed by atoms with van der Waals surface area (Å²) in [4.78, 5) is 15.5. The lowest BCUT2D eigenvalue weighted by Crippen LogP contribution is -2.40. The minimum atomic E-state index is -0.418. The Hall–Kier alpha value is -1.55. The quantitative estimate of drug-likeness (QED) is 0.717. The highest BCUT2D eigenvalue weighted by atomic mass is 35.5. The highest BCUT2D eigenvalue weighted by molar-refractivity contribution is 6.35. The van der Waals surface area contributed by atoms with E-state index >= 15 is 0 Å². The van der Waals surface area contributed by atoms with E-state index in [1.807, 2.05) is 38.1 Å². The number of likely N-dealkylation sites (tertiary alicyclic amines) is 1. The van der Waals surface area contributed by atoms with E-state index in [2.05, 4.69) is 10.2 Å². The van der Waals surface area contributed by atoms with Crippen LogP contribution in [0.1, 0.15) is 42.0 Å². The number of benzene rings is 2. The zero-order chi connectivity index (χ0) is 18.7. The Morgan fingerprint density at radius 1 is 1.04 bits per heavy atom. The summed E-state index contributed by atoms with van der Waals surface area (Å²) < 4.78 is 0. The van der Waals surface area contributed by atoms with Crippen LogP contribution in [0.3, 0.4) is 0 Å². The van der Waals surface area contributed by atoms with E-state index in [9.17, 15) is 4.79 Å². The van der Waals surface area contributed by atoms with Crippen molar-refractivity contribution < 1.29 is 4.79 Å². The van der Waals surface area contributed by atoms with Gasteiger partial charge in [0.15, 0.2) is 0 Å². The van der Waals surface area contributed by atoms with Gasteiger partial charge in [-0.2, -0.15) is 0 Å². The van der Waals surface area contributed by atoms with Crippen LogP contribution >= 0.6 is 23.2 Å². The molecule has 1 fully saturated rings. The fraction of sp³-hybridized carbons (Fsp3) is 0.381. The van der Waals surface area contributed by atoms with Crippen molar-refractivity contribution in [3.8, 4) is 0 Å². The minimum absolute atomic E-state index is 0.0477. The number of anilines is 1. The second-order valence-corrected chi connectivity index (χ2v) is 7.76. The van der Waals surface area contributed by atoms with Crippen molar-refractivity contribution in [2.45, 2.75) is 39.2 Å². The average Bonchev–Trinajstić information content (AvgIpc) is 2.61. The second kappa shape index (κ2) is 8.43. The first-order valence-electron chi connectivity index (χ1n) is 9.03. The Morgan fingerprint density at radius 3 is 2.31 bits per heavy atom. The van der Waals surface area contributed by atoms with E-state index in [1.54, 1.807) is 12.1 Å². The van der Waals surface area contributed by atoms with E-state index in [0.717, 1.165) is 48.3 Å². The molecular formula is C21H24Cl2N2O. The number of piperidine rings is 1. The maximum atomic E-state index is 13.3. The van der Waals surface area contributed by atoms with Crippen molar-refractivity contribution in [1.82, 2.24) is 4.90 Å². The summed E-state index contributed by atoms with van der Waals surface area (Å²) in [5, 5.41) is 4.25. The Bertz CT molecular complexity index is 780. The second-order valence-electron chi connectivity index (χ2n) is 6.92. The average molecular weight is 391 g/mol. The molecule has 1 heterocycles. The summed E-state index contributed by atoms with van der Waals surface area (Å²) in [5.41, 5.74) is 3.79. The van der Waals surface area contributed by atoms with E-state index in [1.165, 1.54) is 6.42 Å². The number of hydrogen-bond donors (Lipinski definition) is 1. The molecule has 26 heavy (non-hydrogen) atoms. The maximum absolute atomic E-state index is 13.3. The normalized spacial score (nSPS) is 16.3. The SMILES string of the molecule is Cc1cccc(C)c1NC(=O)[C@H](c1ccc(Cl)cc1Cl)N1CCCCC1. The number of halogens is 2. The van der Waals surface area contributed by atoms with Gasteiger partial charge in [-0.25, -0.2) is 0 Å². The molecule has 1 aliphatic rings. The van der Waals surface area contributed by atoms with Gasteiger partial charge < -0.3 is 5.32 Å². The van der Waals surface area contributed by atoms with Crippen LogP contribution in [0.25, 0.3) is 0 Å². The molecule has 1 saturated heterocycles. The van der Waals surface area contributed by atoms with Gasteiger partial charge in [0.25, 0.3) is 0 Å². The smallest absolute Gasteiger partial charge is 0.246 e. The van der Waals surface area contributed by atoms with E-state index in [-0.39, 0.29) is 5.91 Å². The molecule has 5 heteroatoms. The molecule has 0 radical (unpaired) electrons. The fourth-order valence-corrected chi connectivity index (χ4v) is 4.12. The van der Waals surface area contributed by atoms with Crippen LogP contribution < -0.4 is 5.32 Å². The van der Waals surface area contributed by atoms with Crippen molar-refractivity contribution in [3.05, 3.63) is 63.1 Å². The number of nitrogens with one attached hydrogen (secondary N) is 1. The van der Waals surface area contributed by atoms with Gasteiger partial charge in [0.1, 0.15) is 6.04 Å². The third-order valence-electron chi connectivity index (χ3n) is 4.99. The number of rotatable bonds is 4. The molecule has 138 valence electrons. The molecule has 1 amide bonds. The summed E-state index contributed by atoms with van der Waals surface area (Å²) >= 11 is 12.5. The number of nitrogens with zero attached hydrogens (tertiary/aromatic N) is 1. The number of hydrogen-bond acceptors (Lipinski definition) is 2. The molecule has 0 spiro atoms. The molecule has 0 unspecified atom stereocenters. The van der Waals surface area contributed by atoms with E-state index < -0.39 is 6.04 Å². The molecule has 1 aliphatic heterocycles. The lowest BCUT2D eigenvalue weighted by Gasteiger charge is -2.34. The lowest BCUT2D eigenvalue weighted by atomic mass is 10.00. The van der Waals surface area contributed by atoms with Crippen LogP contribution in [0, 0.1) is 13.8 Å². The Kier molecular flexibility index (Phi) is 6.23. The van der Waals surface area contributed by atoms with Crippen molar-refractivity contribution in [1.29, 1.82) is 0 Å². The number of amides is 1. The van der Waals surface area contributed by atoms with Gasteiger partial charge in [0, 0.05) is 15.7 Å². The van der Waals surface area contributed by atoms with Gasteiger partial charge in [0.2, 0.25) is 5.91 Å². The minimum Gasteiger partial charge on any atom is -0.324 e. The third kappa shape index (κ3) is 4.22. The Balaban J connectivity index is 1.95. The molecule has 1 N–H and O–H groups in total. The largest absolute Gasteiger partial charge is 0.324 e. The molecule has 0 aliphatic carbocycles. The van der Waals surface area contributed by atoms with Crippen molar-refractivity contribution in [2.75, 3.05) is 18.4 Å². The van der Waals surface area contributed by atoms with Crippen LogP contribution in [0.2, 0.25) is 10.0 Å². The van der Waals surface area contributed by atoms with Gasteiger partial charge in [-0.3, -0.25) is 9.69 Å². The van der Waals surface area contributed by atoms with E-state index in [4.69, 9.17) is 23.2 Å². The third-order valence-corrected chi connectivity index (χ3v) is 5.55. The molecule has 0 bridgehead atoms. The summed E-state index contributed by atoms with van der Waals surface area (Å²) in [6, 6.07) is 11.0. The first-order chi connectivity index (χ1) is 12.5. The van der Waals surface area contributed by atoms with Gasteiger partial charge in [-0.05, 0) is 68.6 Å². The predicted octanol–water partition coefficient (Wildman–Crippen LogP) is 5.78. The molecule has 3 nitrogen and oxygen atoms in total. The monoisotopic (exact) mass is 390 g/mol. The summed E-state index contributed by atoms with van der Waals surface area (Å²) in [5.74, 6) is -0.0477. The Labute approximate surface area is 165 Å². The first kappa shape index (κ1) is 19.2. The van der Waals surface area contributed by atoms with Crippen LogP contribution in [-0.4, -0.2) is 23.9 Å². The number of carbonyl (C=O) groups is 1. The zero-order valence-corrected chi connectivity index (χ0v) is 16.7. The van der Waals surface area contributed by atoms with Crippen molar-refractivity contribution in [2.24, 2.45) is 0 Å². The van der Waals surface area contributed by atoms with E-state index in [0.29, 0.717) is 10.0 Å². The van der Waals surface area contributed by atoms with Crippen LogP contribution in [0.15, 0.2) is 36.4 Å². The van der Waals surface area contributed by atoms with Crippen LogP contribution in [0.4, 0.5) is 5.69 Å². The van der Waals surface area contributed by atoms with Crippen molar-refractivity contribution >= 4 is 34.8 Å². The lowest BCUT2D eigenvalue weighted by molar-refractivity contribution is -0.122. The Morgan fingerprint density at radius 2 is 1.69 bits per heavy atom. The van der Waals surface area contributed by atoms with Crippen LogP contribution in [0.5, 0.6) is 0 Å². The highest BCUT2D eigenvalue weighted by Crippen LogP contribution is 2.33. The number of aryl methyl sites for hydroxylation is 2. The molecule has 0 aromatic heterocycles. The summed E-state index contributed by atoms with van der Waals surface area (Å²) in [7, 11) is 0. The molecule has 2 aromatic rings. The predicted molar refractivity (Wildman–Crippen MR) is 109 cm³/mol. The zero-order valence-electron chi connectivity index (χ0n) is 15.2. The highest BCUT2D eigenvalue weighted by Gasteiger charge is 2.31. The first-order valence-corrected chi connectivity index (χ1v) is 9.79. The van der Waals surface area contributed by atoms with Crippen molar-refractivity contribution in [3.63, 3.8) is 0 Å². The molecular weight excluding hydrogens is 367 g/mol. The maximum Gasteiger partial charge on any atom is 0.246 e. The standard InChI is InChI=1S/C21H24Cl2N2O/c1-14-7-6-8-15(2)19(14)24-21(26)20(25-11-4-3-5-12-25)17-10-9-16(22)13-18(17)23/h6-10,13,20H,3-5,11-12H2,1-2H3,(H,24,26)/t20-/m0/s1. The van der Waals surface area contributed by atoms with Gasteiger partial charge in [0.05, 0.1) is 0 Å². The summed E-state index contributed by atoms with van der Waals surface area (Å²) in [6.07, 6.45) is 3.40. The number of para-hydroxylation sites is 1. The topological polar surface area (TPSA) is 32.3 Å². The van der Waals surface area contributed by atoms with Gasteiger partial charge >= 0.3 is 0 Å². The molecule has 2 aromatic carbocycles.